The number of rotatable bonds is 6. The fourth-order valence-electron chi connectivity index (χ4n) is 1.79. The largest absolute Gasteiger partial charge is 0.493 e. The van der Waals surface area contributed by atoms with Crippen molar-refractivity contribution in [2.75, 3.05) is 13.7 Å². The molecule has 2 aromatic rings. The van der Waals surface area contributed by atoms with Crippen LogP contribution in [0.2, 0.25) is 0 Å². The third kappa shape index (κ3) is 3.17. The van der Waals surface area contributed by atoms with E-state index in [1.807, 2.05) is 0 Å². The molecular formula is C15H18N2O3. The van der Waals surface area contributed by atoms with Crippen molar-refractivity contribution in [2.24, 2.45) is 0 Å². The maximum absolute atomic E-state index is 11.7. The molecular weight excluding hydrogens is 256 g/mol. The molecule has 0 aliphatic heterocycles. The van der Waals surface area contributed by atoms with E-state index in [-0.39, 0.29) is 5.56 Å². The van der Waals surface area contributed by atoms with Gasteiger partial charge in [0.2, 0.25) is 0 Å². The van der Waals surface area contributed by atoms with E-state index in [2.05, 4.69) is 12.0 Å². The molecule has 1 aromatic heterocycles. The molecule has 20 heavy (non-hydrogen) atoms. The second kappa shape index (κ2) is 6.75. The quantitative estimate of drug-likeness (QED) is 0.759. The lowest BCUT2D eigenvalue weighted by Gasteiger charge is -2.12. The maximum atomic E-state index is 11.7. The fourth-order valence-corrected chi connectivity index (χ4v) is 1.79. The molecule has 5 nitrogen and oxygen atoms in total. The van der Waals surface area contributed by atoms with Gasteiger partial charge in [-0.25, -0.2) is 0 Å². The second-order valence-corrected chi connectivity index (χ2v) is 4.31. The Morgan fingerprint density at radius 2 is 2.10 bits per heavy atom. The van der Waals surface area contributed by atoms with E-state index in [9.17, 15) is 4.79 Å². The van der Waals surface area contributed by atoms with Gasteiger partial charge in [0.25, 0.3) is 5.56 Å². The molecule has 2 rings (SSSR count). The van der Waals surface area contributed by atoms with Crippen LogP contribution in [-0.4, -0.2) is 23.5 Å². The van der Waals surface area contributed by atoms with Crippen LogP contribution >= 0.6 is 0 Å². The number of unbranched alkanes of at least 4 members (excludes halogenated alkanes) is 1. The van der Waals surface area contributed by atoms with Gasteiger partial charge >= 0.3 is 0 Å². The molecule has 0 unspecified atom stereocenters. The third-order valence-corrected chi connectivity index (χ3v) is 2.86. The lowest BCUT2D eigenvalue weighted by atomic mass is 10.2. The first-order chi connectivity index (χ1) is 9.76. The first-order valence-corrected chi connectivity index (χ1v) is 6.62. The van der Waals surface area contributed by atoms with E-state index < -0.39 is 0 Å². The Labute approximate surface area is 117 Å². The highest BCUT2D eigenvalue weighted by atomic mass is 16.5. The predicted molar refractivity (Wildman–Crippen MR) is 76.8 cm³/mol. The topological polar surface area (TPSA) is 53.4 Å². The van der Waals surface area contributed by atoms with Gasteiger partial charge in [-0.15, -0.1) is 0 Å². The molecule has 0 fully saturated rings. The lowest BCUT2D eigenvalue weighted by Crippen LogP contribution is -2.19. The summed E-state index contributed by atoms with van der Waals surface area (Å²) in [7, 11) is 1.58. The van der Waals surface area contributed by atoms with Crippen molar-refractivity contribution in [1.29, 1.82) is 0 Å². The summed E-state index contributed by atoms with van der Waals surface area (Å²) in [6.07, 6.45) is 3.63. The summed E-state index contributed by atoms with van der Waals surface area (Å²) in [5.74, 6) is 1.27. The summed E-state index contributed by atoms with van der Waals surface area (Å²) in [4.78, 5) is 11.7. The Morgan fingerprint density at radius 3 is 2.80 bits per heavy atom. The fraction of sp³-hybridized carbons (Fsp3) is 0.333. The van der Waals surface area contributed by atoms with Crippen LogP contribution in [0.4, 0.5) is 0 Å². The van der Waals surface area contributed by atoms with Gasteiger partial charge in [-0.1, -0.05) is 13.3 Å². The van der Waals surface area contributed by atoms with E-state index in [1.54, 1.807) is 37.6 Å². The van der Waals surface area contributed by atoms with Gasteiger partial charge in [0, 0.05) is 18.3 Å². The number of hydrogen-bond acceptors (Lipinski definition) is 4. The highest BCUT2D eigenvalue weighted by molar-refractivity contribution is 5.48. The number of ether oxygens (including phenoxy) is 2. The van der Waals surface area contributed by atoms with E-state index in [0.717, 1.165) is 12.8 Å². The van der Waals surface area contributed by atoms with Gasteiger partial charge in [-0.3, -0.25) is 4.79 Å². The van der Waals surface area contributed by atoms with Crippen molar-refractivity contribution >= 4 is 0 Å². The Hall–Kier alpha value is -2.30. The Morgan fingerprint density at radius 1 is 1.25 bits per heavy atom. The summed E-state index contributed by atoms with van der Waals surface area (Å²) >= 11 is 0. The lowest BCUT2D eigenvalue weighted by molar-refractivity contribution is 0.288. The molecule has 0 saturated heterocycles. The number of nitrogens with zero attached hydrogens (tertiary/aromatic N) is 2. The summed E-state index contributed by atoms with van der Waals surface area (Å²) in [5, 5.41) is 4.04. The molecule has 0 bridgehead atoms. The van der Waals surface area contributed by atoms with Crippen LogP contribution in [0.1, 0.15) is 19.8 Å². The van der Waals surface area contributed by atoms with E-state index in [4.69, 9.17) is 9.47 Å². The zero-order chi connectivity index (χ0) is 14.4. The molecule has 1 aromatic carbocycles. The monoisotopic (exact) mass is 274 g/mol. The van der Waals surface area contributed by atoms with Crippen molar-refractivity contribution < 1.29 is 9.47 Å². The van der Waals surface area contributed by atoms with Crippen molar-refractivity contribution in [3.8, 4) is 17.2 Å². The molecule has 0 N–H and O–H groups in total. The molecule has 0 atom stereocenters. The minimum Gasteiger partial charge on any atom is -0.493 e. The molecule has 0 radical (unpaired) electrons. The smallest absolute Gasteiger partial charge is 0.271 e. The SMILES string of the molecule is CCCCOc1ccc(-n2ncccc2=O)cc1OC. The van der Waals surface area contributed by atoms with Crippen LogP contribution in [0.3, 0.4) is 0 Å². The summed E-state index contributed by atoms with van der Waals surface area (Å²) in [6, 6.07) is 8.41. The standard InChI is InChI=1S/C15H18N2O3/c1-3-4-10-20-13-8-7-12(11-14(13)19-2)17-15(18)6-5-9-16-17/h5-9,11H,3-4,10H2,1-2H3. The summed E-state index contributed by atoms with van der Waals surface area (Å²) in [5.41, 5.74) is 0.462. The zero-order valence-electron chi connectivity index (χ0n) is 11.7. The second-order valence-electron chi connectivity index (χ2n) is 4.31. The third-order valence-electron chi connectivity index (χ3n) is 2.86. The van der Waals surface area contributed by atoms with Crippen molar-refractivity contribution in [3.05, 3.63) is 46.9 Å². The summed E-state index contributed by atoms with van der Waals surface area (Å²) < 4.78 is 12.3. The molecule has 0 amide bonds. The van der Waals surface area contributed by atoms with Crippen LogP contribution in [0.5, 0.6) is 11.5 Å². The molecule has 0 aliphatic carbocycles. The molecule has 0 saturated carbocycles. The molecule has 1 heterocycles. The highest BCUT2D eigenvalue weighted by Crippen LogP contribution is 2.29. The van der Waals surface area contributed by atoms with E-state index in [1.165, 1.54) is 10.7 Å². The summed E-state index contributed by atoms with van der Waals surface area (Å²) in [6.45, 7) is 2.76. The number of methoxy groups -OCH3 is 1. The van der Waals surface area contributed by atoms with Crippen molar-refractivity contribution in [3.63, 3.8) is 0 Å². The molecule has 0 aliphatic rings. The first-order valence-electron chi connectivity index (χ1n) is 6.62. The minimum absolute atomic E-state index is 0.186. The van der Waals surface area contributed by atoms with Crippen molar-refractivity contribution in [1.82, 2.24) is 9.78 Å². The maximum Gasteiger partial charge on any atom is 0.271 e. The van der Waals surface area contributed by atoms with Gasteiger partial charge in [0.15, 0.2) is 11.5 Å². The molecule has 5 heteroatoms. The number of hydrogen-bond donors (Lipinski definition) is 0. The van der Waals surface area contributed by atoms with E-state index in [0.29, 0.717) is 23.8 Å². The molecule has 0 spiro atoms. The van der Waals surface area contributed by atoms with Crippen molar-refractivity contribution in [2.45, 2.75) is 19.8 Å². The van der Waals surface area contributed by atoms with Crippen LogP contribution in [0, 0.1) is 0 Å². The number of aromatic nitrogens is 2. The van der Waals surface area contributed by atoms with Gasteiger partial charge in [0.05, 0.1) is 19.4 Å². The Kier molecular flexibility index (Phi) is 4.76. The zero-order valence-corrected chi connectivity index (χ0v) is 11.7. The first kappa shape index (κ1) is 14.1. The Balaban J connectivity index is 2.30. The van der Waals surface area contributed by atoms with E-state index >= 15 is 0 Å². The van der Waals surface area contributed by atoms with Crippen LogP contribution in [-0.2, 0) is 0 Å². The van der Waals surface area contributed by atoms with Crippen LogP contribution < -0.4 is 15.0 Å². The highest BCUT2D eigenvalue weighted by Gasteiger charge is 2.08. The van der Waals surface area contributed by atoms with Crippen LogP contribution in [0.15, 0.2) is 41.3 Å². The number of benzene rings is 1. The average molecular weight is 274 g/mol. The average Bonchev–Trinajstić information content (AvgIpc) is 2.48. The molecule has 106 valence electrons. The Bertz CT molecular complexity index is 623. The normalized spacial score (nSPS) is 10.3. The van der Waals surface area contributed by atoms with Gasteiger partial charge in [0.1, 0.15) is 0 Å². The van der Waals surface area contributed by atoms with Gasteiger partial charge in [-0.2, -0.15) is 9.78 Å². The van der Waals surface area contributed by atoms with Gasteiger partial charge in [-0.05, 0) is 24.6 Å². The predicted octanol–water partition coefficient (Wildman–Crippen LogP) is 2.42. The minimum atomic E-state index is -0.186. The van der Waals surface area contributed by atoms with Crippen LogP contribution in [0.25, 0.3) is 5.69 Å². The van der Waals surface area contributed by atoms with Gasteiger partial charge < -0.3 is 9.47 Å².